The first kappa shape index (κ1) is 18.6. The Morgan fingerprint density at radius 1 is 1.21 bits per heavy atom. The van der Waals surface area contributed by atoms with Gasteiger partial charge in [-0.15, -0.1) is 0 Å². The van der Waals surface area contributed by atoms with Gasteiger partial charge < -0.3 is 14.5 Å². The normalized spacial score (nSPS) is 10.1. The van der Waals surface area contributed by atoms with Crippen LogP contribution in [0.15, 0.2) is 59.0 Å². The SMILES string of the molecule is N#Cc1cc([N+](=O)[O-])ccc1NC(=O)c1ccc(COc2ccc(F)cc2)o1. The van der Waals surface area contributed by atoms with Gasteiger partial charge in [0, 0.05) is 12.1 Å². The van der Waals surface area contributed by atoms with Crippen molar-refractivity contribution < 1.29 is 23.3 Å². The first-order valence-electron chi connectivity index (χ1n) is 7.93. The number of nitro benzene ring substituents is 1. The van der Waals surface area contributed by atoms with E-state index in [1.807, 2.05) is 0 Å². The van der Waals surface area contributed by atoms with Crippen LogP contribution in [0.3, 0.4) is 0 Å². The third-order valence-corrected chi connectivity index (χ3v) is 3.66. The van der Waals surface area contributed by atoms with E-state index in [2.05, 4.69) is 5.32 Å². The van der Waals surface area contributed by atoms with Gasteiger partial charge in [-0.1, -0.05) is 0 Å². The molecule has 0 bridgehead atoms. The molecule has 0 unspecified atom stereocenters. The van der Waals surface area contributed by atoms with Crippen LogP contribution in [0.1, 0.15) is 21.9 Å². The largest absolute Gasteiger partial charge is 0.486 e. The Morgan fingerprint density at radius 2 is 1.96 bits per heavy atom. The number of nitrogens with zero attached hydrogens (tertiary/aromatic N) is 2. The highest BCUT2D eigenvalue weighted by atomic mass is 19.1. The Bertz CT molecular complexity index is 1070. The number of nitriles is 1. The average molecular weight is 381 g/mol. The molecule has 0 saturated heterocycles. The number of furan rings is 1. The van der Waals surface area contributed by atoms with Gasteiger partial charge in [-0.05, 0) is 42.5 Å². The van der Waals surface area contributed by atoms with Crippen molar-refractivity contribution in [3.8, 4) is 11.8 Å². The number of amides is 1. The van der Waals surface area contributed by atoms with Crippen LogP contribution < -0.4 is 10.1 Å². The highest BCUT2D eigenvalue weighted by Crippen LogP contribution is 2.22. The lowest BCUT2D eigenvalue weighted by molar-refractivity contribution is -0.384. The Morgan fingerprint density at radius 3 is 2.64 bits per heavy atom. The number of hydrogen-bond acceptors (Lipinski definition) is 6. The molecule has 0 radical (unpaired) electrons. The van der Waals surface area contributed by atoms with Crippen LogP contribution >= 0.6 is 0 Å². The number of non-ortho nitro benzene ring substituents is 1. The molecule has 0 fully saturated rings. The Kier molecular flexibility index (Phi) is 5.32. The summed E-state index contributed by atoms with van der Waals surface area (Å²) in [7, 11) is 0. The standard InChI is InChI=1S/C19H12FN3O5/c20-13-1-4-15(5-2-13)27-11-16-6-8-18(28-16)19(24)22-17-7-3-14(23(25)26)9-12(17)10-21/h1-9H,11H2,(H,22,24). The number of hydrogen-bond donors (Lipinski definition) is 1. The van der Waals surface area contributed by atoms with Crippen LogP contribution in [0.25, 0.3) is 0 Å². The van der Waals surface area contributed by atoms with E-state index in [1.165, 1.54) is 42.5 Å². The van der Waals surface area contributed by atoms with Crippen LogP contribution in [-0.2, 0) is 6.61 Å². The van der Waals surface area contributed by atoms with Crippen LogP contribution in [-0.4, -0.2) is 10.8 Å². The number of benzene rings is 2. The molecule has 3 aromatic rings. The predicted octanol–water partition coefficient (Wildman–Crippen LogP) is 4.03. The summed E-state index contributed by atoms with van der Waals surface area (Å²) >= 11 is 0. The molecule has 28 heavy (non-hydrogen) atoms. The second-order valence-electron chi connectivity index (χ2n) is 5.56. The van der Waals surface area contributed by atoms with E-state index in [0.717, 1.165) is 6.07 Å². The maximum atomic E-state index is 12.9. The van der Waals surface area contributed by atoms with E-state index < -0.39 is 10.8 Å². The van der Waals surface area contributed by atoms with Crippen molar-refractivity contribution in [2.24, 2.45) is 0 Å². The molecule has 2 aromatic carbocycles. The lowest BCUT2D eigenvalue weighted by atomic mass is 10.1. The fraction of sp³-hybridized carbons (Fsp3) is 0.0526. The monoisotopic (exact) mass is 381 g/mol. The maximum Gasteiger partial charge on any atom is 0.291 e. The summed E-state index contributed by atoms with van der Waals surface area (Å²) in [5.74, 6) is -0.238. The molecule has 0 atom stereocenters. The fourth-order valence-corrected chi connectivity index (χ4v) is 2.29. The van der Waals surface area contributed by atoms with E-state index in [4.69, 9.17) is 14.4 Å². The average Bonchev–Trinajstić information content (AvgIpc) is 3.17. The van der Waals surface area contributed by atoms with Gasteiger partial charge in [-0.25, -0.2) is 4.39 Å². The van der Waals surface area contributed by atoms with Crippen LogP contribution in [0.5, 0.6) is 5.75 Å². The molecule has 1 heterocycles. The molecule has 0 saturated carbocycles. The molecule has 8 nitrogen and oxygen atoms in total. The van der Waals surface area contributed by atoms with Crippen molar-refractivity contribution in [1.29, 1.82) is 5.26 Å². The minimum absolute atomic E-state index is 0.0277. The lowest BCUT2D eigenvalue weighted by Gasteiger charge is -2.06. The second kappa shape index (κ2) is 8.01. The molecule has 1 N–H and O–H groups in total. The summed E-state index contributed by atoms with van der Waals surface area (Å²) in [5.41, 5.74) is -0.180. The highest BCUT2D eigenvalue weighted by Gasteiger charge is 2.16. The molecule has 3 rings (SSSR count). The summed E-state index contributed by atoms with van der Waals surface area (Å²) < 4.78 is 23.7. The third kappa shape index (κ3) is 4.31. The van der Waals surface area contributed by atoms with E-state index in [0.29, 0.717) is 11.5 Å². The quantitative estimate of drug-likeness (QED) is 0.509. The Balaban J connectivity index is 1.66. The Labute approximate surface area is 157 Å². The predicted molar refractivity (Wildman–Crippen MR) is 95.2 cm³/mol. The zero-order valence-electron chi connectivity index (χ0n) is 14.2. The van der Waals surface area contributed by atoms with Crippen LogP contribution in [0, 0.1) is 27.3 Å². The van der Waals surface area contributed by atoms with Crippen molar-refractivity contribution in [3.05, 3.63) is 87.6 Å². The lowest BCUT2D eigenvalue weighted by Crippen LogP contribution is -2.12. The molecule has 140 valence electrons. The van der Waals surface area contributed by atoms with Crippen molar-refractivity contribution in [1.82, 2.24) is 0 Å². The molecule has 1 aromatic heterocycles. The number of ether oxygens (including phenoxy) is 1. The number of rotatable bonds is 6. The first-order valence-corrected chi connectivity index (χ1v) is 7.93. The zero-order valence-corrected chi connectivity index (χ0v) is 14.2. The highest BCUT2D eigenvalue weighted by molar-refractivity contribution is 6.03. The minimum Gasteiger partial charge on any atom is -0.486 e. The first-order chi connectivity index (χ1) is 13.5. The molecule has 0 aliphatic heterocycles. The number of carbonyl (C=O) groups excluding carboxylic acids is 1. The molecule has 1 amide bonds. The number of nitro groups is 1. The van der Waals surface area contributed by atoms with Gasteiger partial charge in [-0.2, -0.15) is 5.26 Å². The van der Waals surface area contributed by atoms with Crippen LogP contribution in [0.4, 0.5) is 15.8 Å². The summed E-state index contributed by atoms with van der Waals surface area (Å²) in [6, 6.07) is 13.7. The van der Waals surface area contributed by atoms with Gasteiger partial charge in [0.05, 0.1) is 16.2 Å². The van der Waals surface area contributed by atoms with Gasteiger partial charge in [0.1, 0.15) is 30.0 Å². The van der Waals surface area contributed by atoms with Gasteiger partial charge in [0.2, 0.25) is 0 Å². The van der Waals surface area contributed by atoms with E-state index in [9.17, 15) is 19.3 Å². The number of halogens is 1. The molecular formula is C19H12FN3O5. The minimum atomic E-state index is -0.633. The summed E-state index contributed by atoms with van der Waals surface area (Å²) in [6.07, 6.45) is 0. The van der Waals surface area contributed by atoms with Crippen molar-refractivity contribution in [3.63, 3.8) is 0 Å². The van der Waals surface area contributed by atoms with Crippen molar-refractivity contribution in [2.45, 2.75) is 6.61 Å². The summed E-state index contributed by atoms with van der Waals surface area (Å²) in [5, 5.41) is 22.4. The van der Waals surface area contributed by atoms with Crippen LogP contribution in [0.2, 0.25) is 0 Å². The third-order valence-electron chi connectivity index (χ3n) is 3.66. The van der Waals surface area contributed by atoms with Crippen molar-refractivity contribution >= 4 is 17.3 Å². The maximum absolute atomic E-state index is 12.9. The molecular weight excluding hydrogens is 369 g/mol. The Hall–Kier alpha value is -4.19. The van der Waals surface area contributed by atoms with E-state index in [-0.39, 0.29) is 35.1 Å². The summed E-state index contributed by atoms with van der Waals surface area (Å²) in [6.45, 7) is 0.0277. The van der Waals surface area contributed by atoms with Gasteiger partial charge >= 0.3 is 0 Å². The molecule has 0 aliphatic rings. The molecule has 0 aliphatic carbocycles. The molecule has 9 heteroatoms. The van der Waals surface area contributed by atoms with E-state index in [1.54, 1.807) is 12.1 Å². The number of carbonyl (C=O) groups is 1. The van der Waals surface area contributed by atoms with Gasteiger partial charge in [-0.3, -0.25) is 14.9 Å². The molecule has 0 spiro atoms. The van der Waals surface area contributed by atoms with Crippen molar-refractivity contribution in [2.75, 3.05) is 5.32 Å². The number of nitrogens with one attached hydrogen (secondary N) is 1. The van der Waals surface area contributed by atoms with E-state index >= 15 is 0 Å². The second-order valence-corrected chi connectivity index (χ2v) is 5.56. The summed E-state index contributed by atoms with van der Waals surface area (Å²) in [4.78, 5) is 22.4. The van der Waals surface area contributed by atoms with Gasteiger partial charge in [0.15, 0.2) is 5.76 Å². The topological polar surface area (TPSA) is 118 Å². The smallest absolute Gasteiger partial charge is 0.291 e. The zero-order chi connectivity index (χ0) is 20.1. The fourth-order valence-electron chi connectivity index (χ4n) is 2.29. The van der Waals surface area contributed by atoms with Gasteiger partial charge in [0.25, 0.3) is 11.6 Å². The number of anilines is 1.